The number of halogens is 4. The average molecular weight is 314 g/mol. The van der Waals surface area contributed by atoms with Crippen molar-refractivity contribution in [2.24, 2.45) is 0 Å². The first kappa shape index (κ1) is 16.7. The molecule has 0 fully saturated rings. The summed E-state index contributed by atoms with van der Waals surface area (Å²) in [4.78, 5) is -0.545. The molecule has 0 spiro atoms. The van der Waals surface area contributed by atoms with Crippen LogP contribution in [-0.4, -0.2) is 31.5 Å². The van der Waals surface area contributed by atoms with Gasteiger partial charge in [-0.25, -0.2) is 12.8 Å². The second-order valence-corrected chi connectivity index (χ2v) is 6.30. The largest absolute Gasteiger partial charge is 0.402 e. The lowest BCUT2D eigenvalue weighted by Gasteiger charge is -2.27. The number of rotatable bonds is 4. The minimum Gasteiger partial charge on any atom is -0.398 e. The van der Waals surface area contributed by atoms with Crippen molar-refractivity contribution in [2.75, 3.05) is 12.3 Å². The lowest BCUT2D eigenvalue weighted by Crippen LogP contribution is -2.43. The van der Waals surface area contributed by atoms with Crippen LogP contribution in [0.3, 0.4) is 0 Å². The molecule has 1 rings (SSSR count). The fraction of sp³-hybridized carbons (Fsp3) is 0.455. The lowest BCUT2D eigenvalue weighted by molar-refractivity contribution is -0.138. The van der Waals surface area contributed by atoms with Crippen molar-refractivity contribution in [3.8, 4) is 0 Å². The van der Waals surface area contributed by atoms with Crippen LogP contribution in [0.25, 0.3) is 0 Å². The Hall–Kier alpha value is -1.35. The molecule has 0 aliphatic rings. The van der Waals surface area contributed by atoms with Crippen molar-refractivity contribution < 1.29 is 26.0 Å². The highest BCUT2D eigenvalue weighted by molar-refractivity contribution is 7.89. The van der Waals surface area contributed by atoms with Crippen LogP contribution in [0.1, 0.15) is 13.8 Å². The average Bonchev–Trinajstić information content (AvgIpc) is 2.23. The summed E-state index contributed by atoms with van der Waals surface area (Å²) in [6, 6.07) is 1.51. The maximum absolute atomic E-state index is 12.9. The van der Waals surface area contributed by atoms with Gasteiger partial charge in [-0.3, -0.25) is 0 Å². The Morgan fingerprint density at radius 2 is 1.85 bits per heavy atom. The van der Waals surface area contributed by atoms with Crippen molar-refractivity contribution in [3.63, 3.8) is 0 Å². The first-order valence-corrected chi connectivity index (χ1v) is 7.03. The standard InChI is InChI=1S/C11H14F4N2O2S/c1-7(2)17(6-11(13,14)15)20(18,19)10-4-3-8(12)5-9(10)16/h3-5,7H,6,16H2,1-2H3. The Morgan fingerprint density at radius 3 is 2.25 bits per heavy atom. The van der Waals surface area contributed by atoms with E-state index in [1.54, 1.807) is 0 Å². The first-order valence-electron chi connectivity index (χ1n) is 5.59. The monoisotopic (exact) mass is 314 g/mol. The van der Waals surface area contributed by atoms with Crippen molar-refractivity contribution >= 4 is 15.7 Å². The smallest absolute Gasteiger partial charge is 0.398 e. The molecule has 0 heterocycles. The number of hydrogen-bond donors (Lipinski definition) is 1. The summed E-state index contributed by atoms with van der Waals surface area (Å²) < 4.78 is 75.0. The van der Waals surface area contributed by atoms with Crippen LogP contribution in [0.5, 0.6) is 0 Å². The van der Waals surface area contributed by atoms with Gasteiger partial charge in [0, 0.05) is 6.04 Å². The second-order valence-electron chi connectivity index (χ2n) is 4.44. The van der Waals surface area contributed by atoms with E-state index < -0.39 is 45.2 Å². The molecule has 1 aromatic carbocycles. The molecule has 2 N–H and O–H groups in total. The molecule has 0 unspecified atom stereocenters. The Labute approximate surface area is 114 Å². The minimum absolute atomic E-state index is 0.274. The molecule has 0 atom stereocenters. The topological polar surface area (TPSA) is 63.4 Å². The SMILES string of the molecule is CC(C)N(CC(F)(F)F)S(=O)(=O)c1ccc(F)cc1N. The third-order valence-electron chi connectivity index (χ3n) is 2.47. The molecule has 0 amide bonds. The zero-order valence-electron chi connectivity index (χ0n) is 10.8. The Kier molecular flexibility index (Phi) is 4.65. The van der Waals surface area contributed by atoms with E-state index in [0.29, 0.717) is 0 Å². The summed E-state index contributed by atoms with van der Waals surface area (Å²) in [6.45, 7) is 0.982. The molecule has 0 saturated heterocycles. The molecule has 114 valence electrons. The van der Waals surface area contributed by atoms with Crippen LogP contribution in [-0.2, 0) is 10.0 Å². The molecule has 0 aromatic heterocycles. The number of anilines is 1. The fourth-order valence-corrected chi connectivity index (χ4v) is 3.32. The molecular weight excluding hydrogens is 300 g/mol. The lowest BCUT2D eigenvalue weighted by atomic mass is 10.3. The predicted molar refractivity (Wildman–Crippen MR) is 65.9 cm³/mol. The summed E-state index contributed by atoms with van der Waals surface area (Å²) in [5.74, 6) is -0.770. The predicted octanol–water partition coefficient (Wildman–Crippen LogP) is 2.37. The van der Waals surface area contributed by atoms with E-state index in [0.717, 1.165) is 18.2 Å². The van der Waals surface area contributed by atoms with Crippen LogP contribution in [0.2, 0.25) is 0 Å². The van der Waals surface area contributed by atoms with Gasteiger partial charge < -0.3 is 5.73 Å². The molecular formula is C11H14F4N2O2S. The van der Waals surface area contributed by atoms with Gasteiger partial charge in [0.05, 0.1) is 5.69 Å². The van der Waals surface area contributed by atoms with Gasteiger partial charge in [0.2, 0.25) is 10.0 Å². The van der Waals surface area contributed by atoms with Gasteiger partial charge in [-0.05, 0) is 32.0 Å². The van der Waals surface area contributed by atoms with E-state index in [1.807, 2.05) is 0 Å². The Balaban J connectivity index is 3.30. The zero-order chi connectivity index (χ0) is 15.7. The van der Waals surface area contributed by atoms with Crippen LogP contribution >= 0.6 is 0 Å². The van der Waals surface area contributed by atoms with Crippen LogP contribution in [0.4, 0.5) is 23.2 Å². The van der Waals surface area contributed by atoms with Crippen molar-refractivity contribution in [1.29, 1.82) is 0 Å². The van der Waals surface area contributed by atoms with Gasteiger partial charge in [-0.2, -0.15) is 17.5 Å². The third-order valence-corrected chi connectivity index (χ3v) is 4.57. The molecule has 0 aliphatic carbocycles. The second kappa shape index (κ2) is 5.57. The summed E-state index contributed by atoms with van der Waals surface area (Å²) in [7, 11) is -4.46. The van der Waals surface area contributed by atoms with Crippen molar-refractivity contribution in [2.45, 2.75) is 31.0 Å². The third kappa shape index (κ3) is 3.83. The van der Waals surface area contributed by atoms with E-state index in [-0.39, 0.29) is 4.31 Å². The maximum Gasteiger partial charge on any atom is 0.402 e. The van der Waals surface area contributed by atoms with Crippen LogP contribution < -0.4 is 5.73 Å². The Morgan fingerprint density at radius 1 is 1.30 bits per heavy atom. The number of nitrogens with zero attached hydrogens (tertiary/aromatic N) is 1. The number of hydrogen-bond acceptors (Lipinski definition) is 3. The summed E-state index contributed by atoms with van der Waals surface area (Å²) in [6.07, 6.45) is -4.69. The van der Waals surface area contributed by atoms with Gasteiger partial charge in [-0.15, -0.1) is 0 Å². The quantitative estimate of drug-likeness (QED) is 0.685. The number of benzene rings is 1. The number of alkyl halides is 3. The fourth-order valence-electron chi connectivity index (χ4n) is 1.60. The minimum atomic E-state index is -4.69. The van der Waals surface area contributed by atoms with Crippen molar-refractivity contribution in [3.05, 3.63) is 24.0 Å². The molecule has 0 saturated carbocycles. The molecule has 0 radical (unpaired) electrons. The van der Waals surface area contributed by atoms with E-state index in [2.05, 4.69) is 0 Å². The van der Waals surface area contributed by atoms with Crippen LogP contribution in [0, 0.1) is 5.82 Å². The van der Waals surface area contributed by atoms with E-state index in [9.17, 15) is 26.0 Å². The zero-order valence-corrected chi connectivity index (χ0v) is 11.6. The van der Waals surface area contributed by atoms with E-state index >= 15 is 0 Å². The number of nitrogen functional groups attached to an aromatic ring is 1. The van der Waals surface area contributed by atoms with Crippen molar-refractivity contribution in [1.82, 2.24) is 4.31 Å². The molecule has 0 bridgehead atoms. The molecule has 9 heteroatoms. The van der Waals surface area contributed by atoms with E-state index in [4.69, 9.17) is 5.73 Å². The van der Waals surface area contributed by atoms with Gasteiger partial charge in [0.15, 0.2) is 0 Å². The highest BCUT2D eigenvalue weighted by atomic mass is 32.2. The molecule has 1 aromatic rings. The van der Waals surface area contributed by atoms with Gasteiger partial charge in [-0.1, -0.05) is 0 Å². The van der Waals surface area contributed by atoms with E-state index in [1.165, 1.54) is 13.8 Å². The molecule has 4 nitrogen and oxygen atoms in total. The number of nitrogens with two attached hydrogens (primary N) is 1. The first-order chi connectivity index (χ1) is 8.95. The number of sulfonamides is 1. The van der Waals surface area contributed by atoms with Gasteiger partial charge in [0.1, 0.15) is 17.3 Å². The highest BCUT2D eigenvalue weighted by Crippen LogP contribution is 2.28. The molecule has 0 aliphatic heterocycles. The van der Waals surface area contributed by atoms with Gasteiger partial charge in [0.25, 0.3) is 0 Å². The molecule has 20 heavy (non-hydrogen) atoms. The summed E-state index contributed by atoms with van der Waals surface area (Å²) >= 11 is 0. The normalized spacial score (nSPS) is 13.2. The summed E-state index contributed by atoms with van der Waals surface area (Å²) in [5.41, 5.74) is 4.95. The maximum atomic E-state index is 12.9. The van der Waals surface area contributed by atoms with Gasteiger partial charge >= 0.3 is 6.18 Å². The summed E-state index contributed by atoms with van der Waals surface area (Å²) in [5, 5.41) is 0. The highest BCUT2D eigenvalue weighted by Gasteiger charge is 2.39. The Bertz CT molecular complexity index is 585. The van der Waals surface area contributed by atoms with Crippen LogP contribution in [0.15, 0.2) is 23.1 Å².